The van der Waals surface area contributed by atoms with Gasteiger partial charge in [0, 0.05) is 18.7 Å². The number of benzene rings is 1. The first-order valence-corrected chi connectivity index (χ1v) is 11.8. The number of aromatic nitrogens is 3. The van der Waals surface area contributed by atoms with E-state index in [4.69, 9.17) is 9.72 Å². The molecule has 3 heterocycles. The molecular formula is C22H24N4O2S2. The third-order valence-electron chi connectivity index (χ3n) is 5.06. The number of aryl methyl sites for hydroxylation is 1. The highest BCUT2D eigenvalue weighted by molar-refractivity contribution is 7.99. The lowest BCUT2D eigenvalue weighted by molar-refractivity contribution is -0.129. The first kappa shape index (κ1) is 20.8. The summed E-state index contributed by atoms with van der Waals surface area (Å²) in [6.45, 7) is 3.75. The molecule has 0 aliphatic carbocycles. The second-order valence-corrected chi connectivity index (χ2v) is 9.14. The molecule has 0 N–H and O–H groups in total. The summed E-state index contributed by atoms with van der Waals surface area (Å²) in [5, 5.41) is 10.4. The van der Waals surface area contributed by atoms with Crippen LogP contribution >= 0.6 is 23.1 Å². The van der Waals surface area contributed by atoms with Gasteiger partial charge in [-0.2, -0.15) is 0 Å². The Morgan fingerprint density at radius 3 is 2.53 bits per heavy atom. The van der Waals surface area contributed by atoms with E-state index in [-0.39, 0.29) is 5.91 Å². The van der Waals surface area contributed by atoms with Crippen LogP contribution in [0.5, 0.6) is 5.75 Å². The summed E-state index contributed by atoms with van der Waals surface area (Å²) in [6, 6.07) is 11.8. The van der Waals surface area contributed by atoms with Crippen molar-refractivity contribution in [1.82, 2.24) is 20.1 Å². The molecule has 8 heteroatoms. The summed E-state index contributed by atoms with van der Waals surface area (Å²) in [4.78, 5) is 20.0. The summed E-state index contributed by atoms with van der Waals surface area (Å²) in [5.41, 5.74) is 2.78. The molecule has 0 spiro atoms. The Kier molecular flexibility index (Phi) is 6.64. The maximum absolute atomic E-state index is 12.3. The van der Waals surface area contributed by atoms with Gasteiger partial charge in [-0.15, -0.1) is 21.5 Å². The molecule has 1 amide bonds. The molecule has 1 aliphatic heterocycles. The number of thiazole rings is 1. The number of piperidine rings is 1. The number of hydrogen-bond acceptors (Lipinski definition) is 7. The highest BCUT2D eigenvalue weighted by Gasteiger charge is 2.17. The van der Waals surface area contributed by atoms with Crippen LogP contribution in [0.3, 0.4) is 0 Å². The molecule has 0 unspecified atom stereocenters. The second kappa shape index (κ2) is 9.57. The van der Waals surface area contributed by atoms with Crippen molar-refractivity contribution in [2.75, 3.05) is 26.0 Å². The van der Waals surface area contributed by atoms with Crippen molar-refractivity contribution in [2.24, 2.45) is 0 Å². The SMILES string of the molecule is COc1ccc(-c2nc(C)c(-c3ccc(SCC(=O)N4CCCCC4)nn3)s2)cc1. The Balaban J connectivity index is 1.42. The van der Waals surface area contributed by atoms with Crippen molar-refractivity contribution < 1.29 is 9.53 Å². The molecular weight excluding hydrogens is 416 g/mol. The molecule has 6 nitrogen and oxygen atoms in total. The smallest absolute Gasteiger partial charge is 0.232 e. The topological polar surface area (TPSA) is 68.2 Å². The van der Waals surface area contributed by atoms with Crippen LogP contribution in [0.15, 0.2) is 41.4 Å². The van der Waals surface area contributed by atoms with Crippen molar-refractivity contribution in [3.63, 3.8) is 0 Å². The zero-order valence-corrected chi connectivity index (χ0v) is 18.8. The van der Waals surface area contributed by atoms with Gasteiger partial charge in [-0.3, -0.25) is 4.79 Å². The van der Waals surface area contributed by atoms with E-state index in [9.17, 15) is 4.79 Å². The molecule has 0 bridgehead atoms. The minimum absolute atomic E-state index is 0.188. The largest absolute Gasteiger partial charge is 0.497 e. The van der Waals surface area contributed by atoms with E-state index >= 15 is 0 Å². The molecule has 1 aromatic carbocycles. The molecule has 156 valence electrons. The molecule has 2 aromatic heterocycles. The molecule has 0 atom stereocenters. The average molecular weight is 441 g/mol. The van der Waals surface area contributed by atoms with Crippen molar-refractivity contribution in [3.05, 3.63) is 42.1 Å². The fourth-order valence-corrected chi connectivity index (χ4v) is 5.13. The number of carbonyl (C=O) groups is 1. The first-order chi connectivity index (χ1) is 14.6. The quantitative estimate of drug-likeness (QED) is 0.518. The van der Waals surface area contributed by atoms with Gasteiger partial charge in [0.05, 0.1) is 23.4 Å². The number of rotatable bonds is 6. The van der Waals surface area contributed by atoms with Gasteiger partial charge in [0.2, 0.25) is 5.91 Å². The van der Waals surface area contributed by atoms with Gasteiger partial charge in [-0.05, 0) is 62.6 Å². The van der Waals surface area contributed by atoms with Crippen LogP contribution in [0, 0.1) is 6.92 Å². The number of thioether (sulfide) groups is 1. The van der Waals surface area contributed by atoms with Gasteiger partial charge >= 0.3 is 0 Å². The van der Waals surface area contributed by atoms with E-state index in [0.29, 0.717) is 5.75 Å². The summed E-state index contributed by atoms with van der Waals surface area (Å²) < 4.78 is 5.22. The normalized spacial score (nSPS) is 14.0. The van der Waals surface area contributed by atoms with Gasteiger partial charge in [0.1, 0.15) is 21.5 Å². The number of hydrogen-bond donors (Lipinski definition) is 0. The Morgan fingerprint density at radius 2 is 1.87 bits per heavy atom. The maximum Gasteiger partial charge on any atom is 0.232 e. The molecule has 30 heavy (non-hydrogen) atoms. The van der Waals surface area contributed by atoms with Gasteiger partial charge in [-0.1, -0.05) is 11.8 Å². The van der Waals surface area contributed by atoms with Crippen LogP contribution in [0.1, 0.15) is 25.0 Å². The molecule has 1 saturated heterocycles. The lowest BCUT2D eigenvalue weighted by atomic mass is 10.1. The molecule has 0 saturated carbocycles. The minimum Gasteiger partial charge on any atom is -0.497 e. The number of carbonyl (C=O) groups excluding carboxylic acids is 1. The van der Waals surface area contributed by atoms with Crippen molar-refractivity contribution in [2.45, 2.75) is 31.2 Å². The maximum atomic E-state index is 12.3. The Morgan fingerprint density at radius 1 is 1.10 bits per heavy atom. The fourth-order valence-electron chi connectivity index (χ4n) is 3.38. The monoisotopic (exact) mass is 440 g/mol. The Hall–Kier alpha value is -2.45. The fraction of sp³-hybridized carbons (Fsp3) is 0.364. The summed E-state index contributed by atoms with van der Waals surface area (Å²) in [5.74, 6) is 1.42. The third-order valence-corrected chi connectivity index (χ3v) is 7.19. The number of ether oxygens (including phenoxy) is 1. The Labute approximate surface area is 184 Å². The lowest BCUT2D eigenvalue weighted by Crippen LogP contribution is -2.36. The molecule has 1 aliphatic rings. The van der Waals surface area contributed by atoms with Crippen molar-refractivity contribution in [3.8, 4) is 26.9 Å². The molecule has 0 radical (unpaired) electrons. The Bertz CT molecular complexity index is 997. The van der Waals surface area contributed by atoms with E-state index in [0.717, 1.165) is 63.5 Å². The van der Waals surface area contributed by atoms with E-state index in [1.165, 1.54) is 18.2 Å². The van der Waals surface area contributed by atoms with Crippen LogP contribution in [0.25, 0.3) is 21.1 Å². The van der Waals surface area contributed by atoms with E-state index in [1.54, 1.807) is 18.4 Å². The van der Waals surface area contributed by atoms with E-state index in [2.05, 4.69) is 10.2 Å². The van der Waals surface area contributed by atoms with Crippen molar-refractivity contribution in [1.29, 1.82) is 0 Å². The highest BCUT2D eigenvalue weighted by atomic mass is 32.2. The van der Waals surface area contributed by atoms with E-state index in [1.807, 2.05) is 48.2 Å². The number of methoxy groups -OCH3 is 1. The van der Waals surface area contributed by atoms with Gasteiger partial charge in [0.25, 0.3) is 0 Å². The third kappa shape index (κ3) is 4.82. The summed E-state index contributed by atoms with van der Waals surface area (Å²) >= 11 is 3.05. The molecule has 1 fully saturated rings. The molecule has 4 rings (SSSR count). The number of likely N-dealkylation sites (tertiary alicyclic amines) is 1. The zero-order valence-electron chi connectivity index (χ0n) is 17.1. The summed E-state index contributed by atoms with van der Waals surface area (Å²) in [7, 11) is 1.66. The van der Waals surface area contributed by atoms with Crippen LogP contribution in [0.2, 0.25) is 0 Å². The predicted octanol–water partition coefficient (Wildman–Crippen LogP) is 4.69. The average Bonchev–Trinajstić information content (AvgIpc) is 3.20. The van der Waals surface area contributed by atoms with Crippen LogP contribution in [-0.2, 0) is 4.79 Å². The van der Waals surface area contributed by atoms with Gasteiger partial charge < -0.3 is 9.64 Å². The highest BCUT2D eigenvalue weighted by Crippen LogP contribution is 2.35. The van der Waals surface area contributed by atoms with Crippen molar-refractivity contribution >= 4 is 29.0 Å². The standard InChI is InChI=1S/C22H24N4O2S2/c1-15-21(30-22(23-15)16-6-8-17(28-2)9-7-16)18-10-11-19(25-24-18)29-14-20(27)26-12-4-3-5-13-26/h6-11H,3-5,12-14H2,1-2H3. The van der Waals surface area contributed by atoms with Crippen LogP contribution in [-0.4, -0.2) is 51.9 Å². The zero-order chi connectivity index (χ0) is 20.9. The number of nitrogens with zero attached hydrogens (tertiary/aromatic N) is 4. The molecule has 3 aromatic rings. The predicted molar refractivity (Wildman–Crippen MR) is 121 cm³/mol. The van der Waals surface area contributed by atoms with Crippen LogP contribution < -0.4 is 4.74 Å². The van der Waals surface area contributed by atoms with Gasteiger partial charge in [-0.25, -0.2) is 4.98 Å². The summed E-state index contributed by atoms with van der Waals surface area (Å²) in [6.07, 6.45) is 3.44. The number of amides is 1. The minimum atomic E-state index is 0.188. The first-order valence-electron chi connectivity index (χ1n) is 10.0. The second-order valence-electron chi connectivity index (χ2n) is 7.15. The van der Waals surface area contributed by atoms with Gasteiger partial charge in [0.15, 0.2) is 0 Å². The van der Waals surface area contributed by atoms with Crippen LogP contribution in [0.4, 0.5) is 0 Å². The van der Waals surface area contributed by atoms with E-state index < -0.39 is 0 Å². The lowest BCUT2D eigenvalue weighted by Gasteiger charge is -2.26.